The third-order valence-electron chi connectivity index (χ3n) is 7.65. The van der Waals surface area contributed by atoms with Crippen molar-refractivity contribution >= 4 is 12.4 Å². The summed E-state index contributed by atoms with van der Waals surface area (Å²) in [6.07, 6.45) is 8.97. The zero-order valence-corrected chi connectivity index (χ0v) is 28.6. The zero-order chi connectivity index (χ0) is 30.5. The van der Waals surface area contributed by atoms with Crippen LogP contribution in [0.5, 0.6) is 0 Å². The molecule has 0 saturated carbocycles. The molecule has 0 aromatic heterocycles. The molecule has 0 aliphatic rings. The van der Waals surface area contributed by atoms with Gasteiger partial charge in [0.05, 0.1) is 0 Å². The van der Waals surface area contributed by atoms with E-state index in [1.807, 2.05) is 0 Å². The fourth-order valence-corrected chi connectivity index (χ4v) is 5.43. The van der Waals surface area contributed by atoms with E-state index in [4.69, 9.17) is 9.98 Å². The Hall–Kier alpha value is -2.22. The number of hydrogen-bond acceptors (Lipinski definition) is 2. The van der Waals surface area contributed by atoms with Gasteiger partial charge in [0.15, 0.2) is 0 Å². The summed E-state index contributed by atoms with van der Waals surface area (Å²) in [4.78, 5) is 9.82. The smallest absolute Gasteiger partial charge is 0.0389 e. The molecule has 0 fully saturated rings. The van der Waals surface area contributed by atoms with Crippen molar-refractivity contribution in [1.82, 2.24) is 0 Å². The van der Waals surface area contributed by atoms with E-state index >= 15 is 0 Å². The molecule has 0 saturated heterocycles. The molecule has 40 heavy (non-hydrogen) atoms. The van der Waals surface area contributed by atoms with Gasteiger partial charge in [-0.05, 0) is 81.7 Å². The summed E-state index contributed by atoms with van der Waals surface area (Å²) in [5.41, 5.74) is 11.3. The first-order valence-corrected chi connectivity index (χ1v) is 15.5. The van der Waals surface area contributed by atoms with Crippen molar-refractivity contribution in [2.45, 2.75) is 144 Å². The van der Waals surface area contributed by atoms with Crippen LogP contribution >= 0.6 is 0 Å². The van der Waals surface area contributed by atoms with Crippen LogP contribution in [0.25, 0.3) is 0 Å². The minimum Gasteiger partial charge on any atom is -0.293 e. The highest BCUT2D eigenvalue weighted by molar-refractivity contribution is 5.86. The van der Waals surface area contributed by atoms with Crippen LogP contribution in [0.4, 0.5) is 0 Å². The van der Waals surface area contributed by atoms with Crippen LogP contribution in [-0.2, 0) is 21.7 Å². The second-order valence-electron chi connectivity index (χ2n) is 16.0. The maximum atomic E-state index is 4.91. The molecule has 0 atom stereocenters. The molecule has 2 aromatic rings. The van der Waals surface area contributed by atoms with Crippen molar-refractivity contribution in [3.05, 3.63) is 68.8 Å². The molecule has 0 radical (unpaired) electrons. The number of rotatable bonds is 9. The Labute approximate surface area is 248 Å². The largest absolute Gasteiger partial charge is 0.293 e. The molecule has 0 spiro atoms. The average Bonchev–Trinajstić information content (AvgIpc) is 2.78. The molecule has 0 unspecified atom stereocenters. The van der Waals surface area contributed by atoms with Crippen LogP contribution < -0.4 is 0 Å². The average molecular weight is 545 g/mol. The lowest BCUT2D eigenvalue weighted by Crippen LogP contribution is -2.21. The number of aliphatic imine (C=N–C) groups is 2. The SMILES string of the molecule is Cc1cc(C(C)(C)C)c(/C=N/CCCCCC/N=C/c2c(C(C)(C)C)cc(C)cc2C(C)(C)C)c(C(C)(C)C)c1. The van der Waals surface area contributed by atoms with Gasteiger partial charge in [-0.2, -0.15) is 0 Å². The highest BCUT2D eigenvalue weighted by Gasteiger charge is 2.26. The van der Waals surface area contributed by atoms with Gasteiger partial charge in [-0.15, -0.1) is 0 Å². The zero-order valence-electron chi connectivity index (χ0n) is 28.6. The van der Waals surface area contributed by atoms with Gasteiger partial charge < -0.3 is 0 Å². The van der Waals surface area contributed by atoms with Crippen LogP contribution in [0, 0.1) is 13.8 Å². The Morgan fingerprint density at radius 1 is 0.450 bits per heavy atom. The summed E-state index contributed by atoms with van der Waals surface area (Å²) in [7, 11) is 0. The number of nitrogens with zero attached hydrogens (tertiary/aromatic N) is 2. The minimum atomic E-state index is 0.0910. The van der Waals surface area contributed by atoms with Gasteiger partial charge in [0.1, 0.15) is 0 Å². The molecular formula is C38H60N2. The fourth-order valence-electron chi connectivity index (χ4n) is 5.43. The first-order chi connectivity index (χ1) is 18.2. The predicted molar refractivity (Wildman–Crippen MR) is 181 cm³/mol. The normalized spacial score (nSPS) is 13.7. The van der Waals surface area contributed by atoms with E-state index in [1.165, 1.54) is 57.3 Å². The summed E-state index contributed by atoms with van der Waals surface area (Å²) in [6, 6.07) is 9.40. The first-order valence-electron chi connectivity index (χ1n) is 15.5. The molecule has 0 amide bonds. The first kappa shape index (κ1) is 34.0. The van der Waals surface area contributed by atoms with Crippen LogP contribution in [-0.4, -0.2) is 25.5 Å². The van der Waals surface area contributed by atoms with Crippen molar-refractivity contribution in [3.8, 4) is 0 Å². The number of aryl methyl sites for hydroxylation is 2. The third-order valence-corrected chi connectivity index (χ3v) is 7.65. The summed E-state index contributed by atoms with van der Waals surface area (Å²) in [5.74, 6) is 0. The van der Waals surface area contributed by atoms with Crippen LogP contribution in [0.2, 0.25) is 0 Å². The summed E-state index contributed by atoms with van der Waals surface area (Å²) < 4.78 is 0. The van der Waals surface area contributed by atoms with Crippen molar-refractivity contribution in [2.24, 2.45) is 9.98 Å². The maximum absolute atomic E-state index is 4.91. The molecule has 0 aliphatic heterocycles. The molecular weight excluding hydrogens is 484 g/mol. The maximum Gasteiger partial charge on any atom is 0.0389 e. The van der Waals surface area contributed by atoms with E-state index in [0.717, 1.165) is 25.9 Å². The van der Waals surface area contributed by atoms with Crippen molar-refractivity contribution in [3.63, 3.8) is 0 Å². The van der Waals surface area contributed by atoms with Crippen molar-refractivity contribution in [1.29, 1.82) is 0 Å². The minimum absolute atomic E-state index is 0.0910. The lowest BCUT2D eigenvalue weighted by molar-refractivity contribution is 0.565. The standard InChI is InChI=1S/C38H60N2/c1-27-21-31(35(3,4)5)29(32(22-27)36(6,7)8)25-39-19-17-15-16-18-20-40-26-30-33(37(9,10)11)23-28(2)24-34(30)38(12,13)14/h21-26H,15-20H2,1-14H3/b39-25+,40-26+. The van der Waals surface area contributed by atoms with E-state index in [2.05, 4.69) is 134 Å². The van der Waals surface area contributed by atoms with E-state index in [1.54, 1.807) is 0 Å². The van der Waals surface area contributed by atoms with E-state index in [0.29, 0.717) is 0 Å². The Balaban J connectivity index is 1.99. The number of hydrogen-bond donors (Lipinski definition) is 0. The molecule has 222 valence electrons. The van der Waals surface area contributed by atoms with Crippen LogP contribution in [0.3, 0.4) is 0 Å². The van der Waals surface area contributed by atoms with Crippen LogP contribution in [0.15, 0.2) is 34.3 Å². The quantitative estimate of drug-likeness (QED) is 0.221. The predicted octanol–water partition coefficient (Wildman–Crippen LogP) is 10.6. The lowest BCUT2D eigenvalue weighted by atomic mass is 9.75. The van der Waals surface area contributed by atoms with Crippen molar-refractivity contribution in [2.75, 3.05) is 13.1 Å². The second kappa shape index (κ2) is 13.2. The number of benzene rings is 2. The van der Waals surface area contributed by atoms with E-state index < -0.39 is 0 Å². The lowest BCUT2D eigenvalue weighted by Gasteiger charge is -2.29. The van der Waals surface area contributed by atoms with E-state index in [9.17, 15) is 0 Å². The monoisotopic (exact) mass is 544 g/mol. The van der Waals surface area contributed by atoms with Gasteiger partial charge in [0, 0.05) is 25.5 Å². The molecule has 0 heterocycles. The fraction of sp³-hybridized carbons (Fsp3) is 0.632. The second-order valence-corrected chi connectivity index (χ2v) is 16.0. The highest BCUT2D eigenvalue weighted by atomic mass is 14.7. The topological polar surface area (TPSA) is 24.7 Å². The molecule has 2 aromatic carbocycles. The Kier molecular flexibility index (Phi) is 11.2. The Morgan fingerprint density at radius 3 is 0.925 bits per heavy atom. The van der Waals surface area contributed by atoms with E-state index in [-0.39, 0.29) is 21.7 Å². The summed E-state index contributed by atoms with van der Waals surface area (Å²) >= 11 is 0. The summed E-state index contributed by atoms with van der Waals surface area (Å²) in [5, 5.41) is 0. The van der Waals surface area contributed by atoms with Gasteiger partial charge in [0.25, 0.3) is 0 Å². The van der Waals surface area contributed by atoms with Crippen LogP contribution in [0.1, 0.15) is 153 Å². The molecule has 0 aliphatic carbocycles. The Bertz CT molecular complexity index is 1020. The van der Waals surface area contributed by atoms with Gasteiger partial charge in [-0.25, -0.2) is 0 Å². The van der Waals surface area contributed by atoms with Gasteiger partial charge in [0.2, 0.25) is 0 Å². The number of unbranched alkanes of at least 4 members (excludes halogenated alkanes) is 3. The van der Waals surface area contributed by atoms with Gasteiger partial charge in [-0.1, -0.05) is 131 Å². The third kappa shape index (κ3) is 9.71. The molecule has 0 bridgehead atoms. The van der Waals surface area contributed by atoms with Gasteiger partial charge in [-0.3, -0.25) is 9.98 Å². The van der Waals surface area contributed by atoms with Crippen molar-refractivity contribution < 1.29 is 0 Å². The highest BCUT2D eigenvalue weighted by Crippen LogP contribution is 2.35. The Morgan fingerprint density at radius 2 is 0.700 bits per heavy atom. The molecule has 2 heteroatoms. The molecule has 0 N–H and O–H groups in total. The van der Waals surface area contributed by atoms with Gasteiger partial charge >= 0.3 is 0 Å². The molecule has 2 nitrogen and oxygen atoms in total. The summed E-state index contributed by atoms with van der Waals surface area (Å²) in [6.45, 7) is 33.9. The molecule has 2 rings (SSSR count).